The molecule has 0 radical (unpaired) electrons. The fraction of sp³-hybridized carbons (Fsp3) is 0.227. The SMILES string of the molecule is CC(=O)Oc1ccc(-c2cnc(Nc3ccc(F)c(Cl)c3)nc2N2CCOCC2)cc1. The predicted octanol–water partition coefficient (Wildman–Crippen LogP) is 4.44. The molecule has 2 heterocycles. The Hall–Kier alpha value is -3.23. The van der Waals surface area contributed by atoms with Crippen molar-refractivity contribution in [1.29, 1.82) is 0 Å². The van der Waals surface area contributed by atoms with Crippen LogP contribution in [0.4, 0.5) is 21.8 Å². The van der Waals surface area contributed by atoms with Crippen molar-refractivity contribution < 1.29 is 18.7 Å². The van der Waals surface area contributed by atoms with Gasteiger partial charge in [0.05, 0.1) is 18.2 Å². The second-order valence-electron chi connectivity index (χ2n) is 6.90. The number of esters is 1. The number of hydrogen-bond acceptors (Lipinski definition) is 7. The van der Waals surface area contributed by atoms with Crippen molar-refractivity contribution in [2.75, 3.05) is 36.5 Å². The van der Waals surface area contributed by atoms with Gasteiger partial charge in [0.15, 0.2) is 0 Å². The smallest absolute Gasteiger partial charge is 0.308 e. The number of nitrogens with one attached hydrogen (secondary N) is 1. The zero-order valence-electron chi connectivity index (χ0n) is 16.8. The van der Waals surface area contributed by atoms with Crippen LogP contribution in [0.2, 0.25) is 5.02 Å². The van der Waals surface area contributed by atoms with Crippen molar-refractivity contribution in [3.05, 3.63) is 59.5 Å². The molecule has 0 atom stereocenters. The number of carbonyl (C=O) groups excluding carboxylic acids is 1. The molecule has 7 nitrogen and oxygen atoms in total. The van der Waals surface area contributed by atoms with Crippen LogP contribution in [0.1, 0.15) is 6.92 Å². The lowest BCUT2D eigenvalue weighted by Crippen LogP contribution is -2.37. The van der Waals surface area contributed by atoms with Gasteiger partial charge in [-0.05, 0) is 35.9 Å². The maximum absolute atomic E-state index is 13.4. The standard InChI is InChI=1S/C22H20ClFN4O3/c1-14(29)31-17-5-2-15(3-6-17)18-13-25-22(26-16-4-7-20(24)19(23)12-16)27-21(18)28-8-10-30-11-9-28/h2-7,12-13H,8-11H2,1H3,(H,25,26,27). The lowest BCUT2D eigenvalue weighted by molar-refractivity contribution is -0.131. The molecule has 160 valence electrons. The minimum atomic E-state index is -0.491. The maximum atomic E-state index is 13.4. The van der Waals surface area contributed by atoms with Crippen molar-refractivity contribution in [3.63, 3.8) is 0 Å². The van der Waals surface area contributed by atoms with Crippen LogP contribution in [0.25, 0.3) is 11.1 Å². The average molecular weight is 443 g/mol. The lowest BCUT2D eigenvalue weighted by atomic mass is 10.1. The summed E-state index contributed by atoms with van der Waals surface area (Å²) in [4.78, 5) is 22.4. The number of anilines is 3. The van der Waals surface area contributed by atoms with Crippen molar-refractivity contribution in [2.24, 2.45) is 0 Å². The van der Waals surface area contributed by atoms with E-state index in [2.05, 4.69) is 15.2 Å². The minimum Gasteiger partial charge on any atom is -0.427 e. The Morgan fingerprint density at radius 2 is 1.94 bits per heavy atom. The fourth-order valence-electron chi connectivity index (χ4n) is 3.22. The number of halogens is 2. The molecule has 1 N–H and O–H groups in total. The number of hydrogen-bond donors (Lipinski definition) is 1. The highest BCUT2D eigenvalue weighted by Crippen LogP contribution is 2.32. The van der Waals surface area contributed by atoms with Crippen molar-refractivity contribution >= 4 is 35.0 Å². The van der Waals surface area contributed by atoms with Gasteiger partial charge in [-0.2, -0.15) is 4.98 Å². The molecule has 31 heavy (non-hydrogen) atoms. The summed E-state index contributed by atoms with van der Waals surface area (Å²) in [5.41, 5.74) is 2.30. The fourth-order valence-corrected chi connectivity index (χ4v) is 3.40. The third kappa shape index (κ3) is 5.10. The average Bonchev–Trinajstić information content (AvgIpc) is 2.77. The molecule has 0 amide bonds. The van der Waals surface area contributed by atoms with Gasteiger partial charge >= 0.3 is 5.97 Å². The van der Waals surface area contributed by atoms with Gasteiger partial charge in [-0.15, -0.1) is 0 Å². The van der Waals surface area contributed by atoms with E-state index < -0.39 is 5.82 Å². The molecule has 1 fully saturated rings. The predicted molar refractivity (Wildman–Crippen MR) is 117 cm³/mol. The van der Waals surface area contributed by atoms with Crippen LogP contribution in [0.3, 0.4) is 0 Å². The largest absolute Gasteiger partial charge is 0.427 e. The molecule has 0 bridgehead atoms. The first-order valence-corrected chi connectivity index (χ1v) is 10.1. The Balaban J connectivity index is 1.67. The summed E-state index contributed by atoms with van der Waals surface area (Å²) in [6.45, 7) is 3.95. The Kier molecular flexibility index (Phi) is 6.29. The van der Waals surface area contributed by atoms with Crippen LogP contribution in [0.15, 0.2) is 48.7 Å². The highest BCUT2D eigenvalue weighted by Gasteiger charge is 2.19. The molecule has 3 aromatic rings. The summed E-state index contributed by atoms with van der Waals surface area (Å²) in [5, 5.41) is 3.09. The minimum absolute atomic E-state index is 0.0166. The molecule has 4 rings (SSSR count). The van der Waals surface area contributed by atoms with Crippen molar-refractivity contribution in [3.8, 4) is 16.9 Å². The van der Waals surface area contributed by atoms with Gasteiger partial charge in [0.2, 0.25) is 5.95 Å². The van der Waals surface area contributed by atoms with Crippen molar-refractivity contribution in [1.82, 2.24) is 9.97 Å². The lowest BCUT2D eigenvalue weighted by Gasteiger charge is -2.29. The van der Waals surface area contributed by atoms with Gasteiger partial charge in [-0.3, -0.25) is 4.79 Å². The van der Waals surface area contributed by atoms with Gasteiger partial charge < -0.3 is 19.7 Å². The van der Waals surface area contributed by atoms with Crippen LogP contribution in [0, 0.1) is 5.82 Å². The van der Waals surface area contributed by atoms with Gasteiger partial charge in [-0.25, -0.2) is 9.37 Å². The molecular weight excluding hydrogens is 423 g/mol. The second-order valence-corrected chi connectivity index (χ2v) is 7.31. The molecule has 2 aromatic carbocycles. The van der Waals surface area contributed by atoms with Crippen LogP contribution in [-0.2, 0) is 9.53 Å². The molecule has 1 saturated heterocycles. The highest BCUT2D eigenvalue weighted by atomic mass is 35.5. The van der Waals surface area contributed by atoms with E-state index in [0.29, 0.717) is 43.7 Å². The maximum Gasteiger partial charge on any atom is 0.308 e. The second kappa shape index (κ2) is 9.28. The van der Waals surface area contributed by atoms with E-state index in [1.54, 1.807) is 24.4 Å². The Morgan fingerprint density at radius 1 is 1.19 bits per heavy atom. The molecule has 1 aromatic heterocycles. The van der Waals surface area contributed by atoms with Crippen LogP contribution in [-0.4, -0.2) is 42.2 Å². The molecule has 9 heteroatoms. The third-order valence-corrected chi connectivity index (χ3v) is 4.97. The Labute approximate surface area is 183 Å². The topological polar surface area (TPSA) is 76.6 Å². The van der Waals surface area contributed by atoms with E-state index in [-0.39, 0.29) is 11.0 Å². The number of ether oxygens (including phenoxy) is 2. The van der Waals surface area contributed by atoms with Crippen LogP contribution >= 0.6 is 11.6 Å². The zero-order valence-corrected chi connectivity index (χ0v) is 17.5. The van der Waals surface area contributed by atoms with Gasteiger partial charge in [-0.1, -0.05) is 23.7 Å². The number of nitrogens with zero attached hydrogens (tertiary/aromatic N) is 3. The van der Waals surface area contributed by atoms with E-state index in [4.69, 9.17) is 26.1 Å². The normalized spacial score (nSPS) is 13.7. The summed E-state index contributed by atoms with van der Waals surface area (Å²) in [6.07, 6.45) is 1.73. The molecule has 0 saturated carbocycles. The van der Waals surface area contributed by atoms with E-state index in [1.165, 1.54) is 19.1 Å². The highest BCUT2D eigenvalue weighted by molar-refractivity contribution is 6.31. The van der Waals surface area contributed by atoms with Gasteiger partial charge in [0.25, 0.3) is 0 Å². The Bertz CT molecular complexity index is 1090. The number of carbonyl (C=O) groups is 1. The summed E-state index contributed by atoms with van der Waals surface area (Å²) < 4.78 is 24.0. The first-order valence-electron chi connectivity index (χ1n) is 9.70. The molecule has 0 unspecified atom stereocenters. The van der Waals surface area contributed by atoms with E-state index >= 15 is 0 Å². The van der Waals surface area contributed by atoms with Gasteiger partial charge in [0.1, 0.15) is 17.4 Å². The van der Waals surface area contributed by atoms with E-state index in [9.17, 15) is 9.18 Å². The first kappa shape index (κ1) is 21.0. The quantitative estimate of drug-likeness (QED) is 0.462. The molecule has 0 spiro atoms. The number of rotatable bonds is 5. The van der Waals surface area contributed by atoms with Crippen LogP contribution in [0.5, 0.6) is 5.75 Å². The van der Waals surface area contributed by atoms with Crippen molar-refractivity contribution in [2.45, 2.75) is 6.92 Å². The number of benzene rings is 2. The molecular formula is C22H20ClFN4O3. The summed E-state index contributed by atoms with van der Waals surface area (Å²) in [6, 6.07) is 11.5. The molecule has 1 aliphatic heterocycles. The zero-order chi connectivity index (χ0) is 21.8. The van der Waals surface area contributed by atoms with Gasteiger partial charge in [0, 0.05) is 37.5 Å². The summed E-state index contributed by atoms with van der Waals surface area (Å²) >= 11 is 5.87. The number of morpholine rings is 1. The van der Waals surface area contributed by atoms with Crippen LogP contribution < -0.4 is 15.0 Å². The Morgan fingerprint density at radius 3 is 2.61 bits per heavy atom. The molecule has 1 aliphatic rings. The van der Waals surface area contributed by atoms with E-state index in [0.717, 1.165) is 16.9 Å². The van der Waals surface area contributed by atoms with E-state index in [1.807, 2.05) is 12.1 Å². The first-order chi connectivity index (χ1) is 15.0. The summed E-state index contributed by atoms with van der Waals surface area (Å²) in [7, 11) is 0. The summed E-state index contributed by atoms with van der Waals surface area (Å²) in [5.74, 6) is 0.714. The monoisotopic (exact) mass is 442 g/mol. The number of aromatic nitrogens is 2. The molecule has 0 aliphatic carbocycles. The third-order valence-electron chi connectivity index (χ3n) is 4.68.